The van der Waals surface area contributed by atoms with Crippen LogP contribution in [0.3, 0.4) is 0 Å². The lowest BCUT2D eigenvalue weighted by Crippen LogP contribution is -2.36. The second kappa shape index (κ2) is 9.43. The highest BCUT2D eigenvalue weighted by Crippen LogP contribution is 2.31. The lowest BCUT2D eigenvalue weighted by atomic mass is 10.1. The van der Waals surface area contributed by atoms with Crippen molar-refractivity contribution in [2.75, 3.05) is 29.1 Å². The molecule has 33 heavy (non-hydrogen) atoms. The first kappa shape index (κ1) is 22.5. The summed E-state index contributed by atoms with van der Waals surface area (Å²) in [6.07, 6.45) is 1.44. The molecule has 0 aliphatic carbocycles. The predicted molar refractivity (Wildman–Crippen MR) is 128 cm³/mol. The molecule has 0 atom stereocenters. The minimum absolute atomic E-state index is 0.0500. The lowest BCUT2D eigenvalue weighted by Gasteiger charge is -2.21. The zero-order valence-electron chi connectivity index (χ0n) is 17.7. The Morgan fingerprint density at radius 3 is 2.82 bits per heavy atom. The number of rotatable bonds is 5. The molecule has 3 aromatic rings. The highest BCUT2D eigenvalue weighted by atomic mass is 35.5. The van der Waals surface area contributed by atoms with Crippen molar-refractivity contribution in [3.63, 3.8) is 0 Å². The maximum Gasteiger partial charge on any atom is 0.263 e. The molecule has 1 aliphatic heterocycles. The van der Waals surface area contributed by atoms with Gasteiger partial charge in [0.2, 0.25) is 17.8 Å². The summed E-state index contributed by atoms with van der Waals surface area (Å²) in [5.41, 5.74) is 2.65. The van der Waals surface area contributed by atoms with Crippen LogP contribution < -0.4 is 26.2 Å². The van der Waals surface area contributed by atoms with Gasteiger partial charge >= 0.3 is 0 Å². The number of amides is 3. The molecule has 4 N–H and O–H groups in total. The molecule has 2 aromatic heterocycles. The molecular formula is C21H20ClN7O3S. The monoisotopic (exact) mass is 485 g/mol. The van der Waals surface area contributed by atoms with E-state index in [-0.39, 0.29) is 35.2 Å². The molecule has 170 valence electrons. The van der Waals surface area contributed by atoms with Crippen molar-refractivity contribution >= 4 is 69.5 Å². The van der Waals surface area contributed by atoms with Crippen LogP contribution in [0.2, 0.25) is 5.02 Å². The summed E-state index contributed by atoms with van der Waals surface area (Å²) in [4.78, 5) is 46.7. The average Bonchev–Trinajstić information content (AvgIpc) is 3.19. The second-order valence-electron chi connectivity index (χ2n) is 7.11. The van der Waals surface area contributed by atoms with E-state index in [1.807, 2.05) is 12.1 Å². The van der Waals surface area contributed by atoms with E-state index in [0.717, 1.165) is 5.56 Å². The molecule has 3 amide bonds. The Kier molecular flexibility index (Phi) is 6.43. The number of halogens is 1. The third-order valence-corrected chi connectivity index (χ3v) is 6.08. The van der Waals surface area contributed by atoms with E-state index >= 15 is 0 Å². The first-order chi connectivity index (χ1) is 15.9. The molecule has 1 aromatic carbocycles. The SMILES string of the molecule is CNC(=O)c1sccc1Nc1nc(Nc2ccc3c(c2)N(C(C)=O)CC(=O)NC3)ncc1Cl. The molecule has 3 heterocycles. The fourth-order valence-corrected chi connectivity index (χ4v) is 4.20. The van der Waals surface area contributed by atoms with Crippen LogP contribution in [-0.2, 0) is 16.1 Å². The summed E-state index contributed by atoms with van der Waals surface area (Å²) in [5, 5.41) is 13.6. The molecule has 12 heteroatoms. The fraction of sp³-hybridized carbons (Fsp3) is 0.190. The number of aromatic nitrogens is 2. The number of benzene rings is 1. The number of carbonyl (C=O) groups is 3. The van der Waals surface area contributed by atoms with E-state index in [4.69, 9.17) is 11.6 Å². The normalized spacial score (nSPS) is 12.9. The van der Waals surface area contributed by atoms with E-state index in [1.165, 1.54) is 29.4 Å². The van der Waals surface area contributed by atoms with Crippen molar-refractivity contribution in [2.45, 2.75) is 13.5 Å². The zero-order chi connectivity index (χ0) is 23.5. The number of nitrogens with one attached hydrogen (secondary N) is 4. The van der Waals surface area contributed by atoms with Gasteiger partial charge in [-0.25, -0.2) is 4.98 Å². The fourth-order valence-electron chi connectivity index (χ4n) is 3.27. The molecule has 1 aliphatic rings. The molecular weight excluding hydrogens is 466 g/mol. The zero-order valence-corrected chi connectivity index (χ0v) is 19.3. The number of hydrogen-bond acceptors (Lipinski definition) is 8. The van der Waals surface area contributed by atoms with Crippen molar-refractivity contribution in [1.82, 2.24) is 20.6 Å². The van der Waals surface area contributed by atoms with Crippen molar-refractivity contribution < 1.29 is 14.4 Å². The number of nitrogens with zero attached hydrogens (tertiary/aromatic N) is 3. The molecule has 0 saturated carbocycles. The molecule has 4 rings (SSSR count). The van der Waals surface area contributed by atoms with Crippen LogP contribution in [0.5, 0.6) is 0 Å². The Morgan fingerprint density at radius 2 is 2.06 bits per heavy atom. The molecule has 0 bridgehead atoms. The van der Waals surface area contributed by atoms with Crippen LogP contribution in [-0.4, -0.2) is 41.3 Å². The van der Waals surface area contributed by atoms with E-state index in [1.54, 1.807) is 24.6 Å². The Morgan fingerprint density at radius 1 is 1.24 bits per heavy atom. The number of hydrogen-bond donors (Lipinski definition) is 4. The van der Waals surface area contributed by atoms with Crippen LogP contribution in [0.4, 0.5) is 28.8 Å². The molecule has 0 radical (unpaired) electrons. The molecule has 0 spiro atoms. The maximum atomic E-state index is 12.1. The maximum absolute atomic E-state index is 12.1. The third kappa shape index (κ3) is 4.89. The van der Waals surface area contributed by atoms with Crippen LogP contribution in [0.25, 0.3) is 0 Å². The van der Waals surface area contributed by atoms with Gasteiger partial charge in [-0.15, -0.1) is 11.3 Å². The highest BCUT2D eigenvalue weighted by molar-refractivity contribution is 7.12. The Bertz CT molecular complexity index is 1250. The number of fused-ring (bicyclic) bond motifs is 1. The predicted octanol–water partition coefficient (Wildman–Crippen LogP) is 3.02. The Balaban J connectivity index is 1.60. The van der Waals surface area contributed by atoms with Gasteiger partial charge in [0.25, 0.3) is 5.91 Å². The van der Waals surface area contributed by atoms with E-state index < -0.39 is 0 Å². The van der Waals surface area contributed by atoms with E-state index in [9.17, 15) is 14.4 Å². The van der Waals surface area contributed by atoms with Crippen LogP contribution in [0.1, 0.15) is 22.2 Å². The van der Waals surface area contributed by atoms with Gasteiger partial charge in [-0.3, -0.25) is 14.4 Å². The number of thiophene rings is 1. The first-order valence-corrected chi connectivity index (χ1v) is 11.2. The summed E-state index contributed by atoms with van der Waals surface area (Å²) in [7, 11) is 1.56. The standard InChI is InChI=1S/C21H20ClN7O3S/c1-11(30)29-10-17(31)24-8-12-3-4-13(7-16(12)29)26-21-25-9-14(22)19(28-21)27-15-5-6-33-18(15)20(32)23-2/h3-7,9H,8,10H2,1-2H3,(H,23,32)(H,24,31)(H2,25,26,27,28). The van der Waals surface area contributed by atoms with Crippen molar-refractivity contribution in [3.05, 3.63) is 51.3 Å². The lowest BCUT2D eigenvalue weighted by molar-refractivity contribution is -0.122. The van der Waals surface area contributed by atoms with Gasteiger partial charge in [-0.2, -0.15) is 4.98 Å². The van der Waals surface area contributed by atoms with Gasteiger partial charge in [-0.1, -0.05) is 17.7 Å². The first-order valence-electron chi connectivity index (χ1n) is 9.89. The van der Waals surface area contributed by atoms with E-state index in [0.29, 0.717) is 34.3 Å². The van der Waals surface area contributed by atoms with Gasteiger partial charge in [0.15, 0.2) is 5.82 Å². The quantitative estimate of drug-likeness (QED) is 0.437. The second-order valence-corrected chi connectivity index (χ2v) is 8.43. The topological polar surface area (TPSA) is 128 Å². The summed E-state index contributed by atoms with van der Waals surface area (Å²) >= 11 is 7.56. The molecule has 0 saturated heterocycles. The Hall–Kier alpha value is -3.70. The van der Waals surface area contributed by atoms with Crippen molar-refractivity contribution in [2.24, 2.45) is 0 Å². The Labute approximate surface area is 198 Å². The van der Waals surface area contributed by atoms with Crippen LogP contribution in [0, 0.1) is 0 Å². The molecule has 0 unspecified atom stereocenters. The minimum Gasteiger partial charge on any atom is -0.354 e. The number of anilines is 5. The summed E-state index contributed by atoms with van der Waals surface area (Å²) in [6.45, 7) is 1.70. The van der Waals surface area contributed by atoms with Gasteiger partial charge in [0.05, 0.1) is 17.6 Å². The van der Waals surface area contributed by atoms with Crippen LogP contribution >= 0.6 is 22.9 Å². The highest BCUT2D eigenvalue weighted by Gasteiger charge is 2.23. The summed E-state index contributed by atoms with van der Waals surface area (Å²) < 4.78 is 0. The van der Waals surface area contributed by atoms with Crippen molar-refractivity contribution in [1.29, 1.82) is 0 Å². The van der Waals surface area contributed by atoms with E-state index in [2.05, 4.69) is 31.2 Å². The summed E-state index contributed by atoms with van der Waals surface area (Å²) in [5.74, 6) is -0.0908. The minimum atomic E-state index is -0.234. The van der Waals surface area contributed by atoms with Crippen LogP contribution in [0.15, 0.2) is 35.8 Å². The van der Waals surface area contributed by atoms with Gasteiger partial charge in [0.1, 0.15) is 16.4 Å². The summed E-state index contributed by atoms with van der Waals surface area (Å²) in [6, 6.07) is 7.17. The molecule has 10 nitrogen and oxygen atoms in total. The molecule has 0 fully saturated rings. The van der Waals surface area contributed by atoms with Gasteiger partial charge in [-0.05, 0) is 29.1 Å². The van der Waals surface area contributed by atoms with Gasteiger partial charge < -0.3 is 26.2 Å². The average molecular weight is 486 g/mol. The third-order valence-electron chi connectivity index (χ3n) is 4.89. The largest absolute Gasteiger partial charge is 0.354 e. The van der Waals surface area contributed by atoms with Crippen molar-refractivity contribution in [3.8, 4) is 0 Å². The smallest absolute Gasteiger partial charge is 0.263 e. The number of carbonyl (C=O) groups excluding carboxylic acids is 3. The van der Waals surface area contributed by atoms with Gasteiger partial charge in [0, 0.05) is 26.2 Å².